The van der Waals surface area contributed by atoms with Crippen molar-refractivity contribution in [2.75, 3.05) is 18.0 Å². The molecule has 108 valence electrons. The maximum Gasteiger partial charge on any atom is 0.349 e. The molecule has 2 N–H and O–H groups in total. The molecule has 6 nitrogen and oxygen atoms in total. The van der Waals surface area contributed by atoms with Crippen molar-refractivity contribution in [3.8, 4) is 0 Å². The summed E-state index contributed by atoms with van der Waals surface area (Å²) in [7, 11) is 0. The third-order valence-electron chi connectivity index (χ3n) is 3.33. The molecule has 1 aromatic heterocycles. The Morgan fingerprint density at radius 3 is 2.71 bits per heavy atom. The minimum Gasteiger partial charge on any atom is -0.387 e. The zero-order valence-electron chi connectivity index (χ0n) is 11.0. The number of hydrogen-bond donors (Lipinski definition) is 2. The highest BCUT2D eigenvalue weighted by atomic mass is 19.1. The summed E-state index contributed by atoms with van der Waals surface area (Å²) in [6, 6.07) is 5.98. The summed E-state index contributed by atoms with van der Waals surface area (Å²) in [5, 5.41) is 10.3. The molecule has 0 saturated carbocycles. The van der Waals surface area contributed by atoms with Gasteiger partial charge in [-0.2, -0.15) is 4.98 Å². The molecule has 1 aliphatic heterocycles. The van der Waals surface area contributed by atoms with Crippen LogP contribution in [0.1, 0.15) is 5.56 Å². The summed E-state index contributed by atoms with van der Waals surface area (Å²) in [5.41, 5.74) is 1.03. The predicted molar refractivity (Wildman–Crippen MR) is 75.2 cm³/mol. The predicted octanol–water partition coefficient (Wildman–Crippen LogP) is 0.569. The van der Waals surface area contributed by atoms with E-state index in [1.807, 2.05) is 6.08 Å². The monoisotopic (exact) mass is 288 g/mol. The average Bonchev–Trinajstić information content (AvgIpc) is 2.48. The molecule has 0 fully saturated rings. The van der Waals surface area contributed by atoms with Crippen LogP contribution >= 0.6 is 0 Å². The van der Waals surface area contributed by atoms with E-state index in [2.05, 4.69) is 15.0 Å². The van der Waals surface area contributed by atoms with Gasteiger partial charge in [-0.15, -0.1) is 0 Å². The number of anilines is 1. The number of H-pyrrole nitrogens is 1. The molecule has 0 radical (unpaired) electrons. The van der Waals surface area contributed by atoms with Crippen LogP contribution in [0, 0.1) is 5.82 Å². The first-order valence-corrected chi connectivity index (χ1v) is 6.44. The number of aromatic amines is 1. The number of benzene rings is 1. The van der Waals surface area contributed by atoms with Crippen molar-refractivity contribution in [3.05, 3.63) is 58.5 Å². The second kappa shape index (κ2) is 5.45. The van der Waals surface area contributed by atoms with Crippen molar-refractivity contribution < 1.29 is 9.50 Å². The van der Waals surface area contributed by atoms with Crippen LogP contribution in [0.15, 0.2) is 41.5 Å². The third-order valence-corrected chi connectivity index (χ3v) is 3.33. The molecule has 1 aromatic carbocycles. The minimum absolute atomic E-state index is 0.288. The SMILES string of the molecule is O=c1ncnc(N2CC=C(c3ccc(F)cc3)[C@H](O)C2)[nH]1. The summed E-state index contributed by atoms with van der Waals surface area (Å²) in [4.78, 5) is 22.9. The smallest absolute Gasteiger partial charge is 0.349 e. The van der Waals surface area contributed by atoms with E-state index in [0.717, 1.165) is 11.1 Å². The zero-order valence-corrected chi connectivity index (χ0v) is 11.0. The molecule has 1 aliphatic rings. The number of halogens is 1. The fraction of sp³-hybridized carbons (Fsp3) is 0.214. The van der Waals surface area contributed by atoms with Crippen LogP contribution in [0.25, 0.3) is 5.57 Å². The Bertz CT molecular complexity index is 726. The minimum atomic E-state index is -0.748. The maximum absolute atomic E-state index is 12.9. The second-order valence-corrected chi connectivity index (χ2v) is 4.71. The third kappa shape index (κ3) is 2.82. The number of aromatic nitrogens is 3. The van der Waals surface area contributed by atoms with Crippen LogP contribution in [0.3, 0.4) is 0 Å². The largest absolute Gasteiger partial charge is 0.387 e. The van der Waals surface area contributed by atoms with E-state index in [-0.39, 0.29) is 12.4 Å². The molecular weight excluding hydrogens is 275 g/mol. The first kappa shape index (κ1) is 13.4. The molecule has 0 aliphatic carbocycles. The van der Waals surface area contributed by atoms with Crippen LogP contribution in [0.5, 0.6) is 0 Å². The fourth-order valence-electron chi connectivity index (χ4n) is 2.31. The van der Waals surface area contributed by atoms with Crippen LogP contribution in [0.2, 0.25) is 0 Å². The van der Waals surface area contributed by atoms with E-state index in [0.29, 0.717) is 12.5 Å². The number of nitrogens with one attached hydrogen (secondary N) is 1. The van der Waals surface area contributed by atoms with E-state index in [4.69, 9.17) is 0 Å². The first-order chi connectivity index (χ1) is 10.1. The molecule has 2 heterocycles. The van der Waals surface area contributed by atoms with Crippen molar-refractivity contribution >= 4 is 11.5 Å². The Hall–Kier alpha value is -2.54. The summed E-state index contributed by atoms with van der Waals surface area (Å²) in [6.07, 6.45) is 2.27. The highest BCUT2D eigenvalue weighted by Gasteiger charge is 2.23. The molecule has 0 amide bonds. The standard InChI is InChI=1S/C14H13FN4O2/c15-10-3-1-9(2-4-10)11-5-6-19(7-12(11)20)13-16-8-17-14(21)18-13/h1-5,8,12,20H,6-7H2,(H,16,17,18,21)/t12-/m1/s1. The van der Waals surface area contributed by atoms with Gasteiger partial charge in [0.2, 0.25) is 5.95 Å². The average molecular weight is 288 g/mol. The lowest BCUT2D eigenvalue weighted by molar-refractivity contribution is 0.233. The molecule has 7 heteroatoms. The van der Waals surface area contributed by atoms with Gasteiger partial charge in [-0.3, -0.25) is 4.98 Å². The van der Waals surface area contributed by atoms with E-state index in [1.165, 1.54) is 18.5 Å². The molecular formula is C14H13FN4O2. The summed E-state index contributed by atoms with van der Waals surface area (Å²) in [6.45, 7) is 0.771. The maximum atomic E-state index is 12.9. The molecule has 3 rings (SSSR count). The number of β-amino-alcohol motifs (C(OH)–C–C–N with tert-alkyl or cyclic N) is 1. The van der Waals surface area contributed by atoms with E-state index < -0.39 is 11.8 Å². The van der Waals surface area contributed by atoms with Gasteiger partial charge in [-0.05, 0) is 23.3 Å². The van der Waals surface area contributed by atoms with Crippen LogP contribution < -0.4 is 10.6 Å². The Morgan fingerprint density at radius 1 is 1.29 bits per heavy atom. The Balaban J connectivity index is 1.85. The zero-order chi connectivity index (χ0) is 14.8. The van der Waals surface area contributed by atoms with Gasteiger partial charge in [0.05, 0.1) is 12.6 Å². The van der Waals surface area contributed by atoms with Crippen molar-refractivity contribution in [2.24, 2.45) is 0 Å². The van der Waals surface area contributed by atoms with Gasteiger partial charge in [0, 0.05) is 6.54 Å². The van der Waals surface area contributed by atoms with Gasteiger partial charge in [0.25, 0.3) is 0 Å². The lowest BCUT2D eigenvalue weighted by Crippen LogP contribution is -2.39. The van der Waals surface area contributed by atoms with Gasteiger partial charge in [-0.1, -0.05) is 18.2 Å². The van der Waals surface area contributed by atoms with E-state index >= 15 is 0 Å². The lowest BCUT2D eigenvalue weighted by atomic mass is 9.97. The van der Waals surface area contributed by atoms with Gasteiger partial charge < -0.3 is 10.0 Å². The lowest BCUT2D eigenvalue weighted by Gasteiger charge is -2.30. The van der Waals surface area contributed by atoms with Crippen molar-refractivity contribution in [3.63, 3.8) is 0 Å². The fourth-order valence-corrected chi connectivity index (χ4v) is 2.31. The quantitative estimate of drug-likeness (QED) is 0.844. The van der Waals surface area contributed by atoms with Gasteiger partial charge in [0.1, 0.15) is 12.1 Å². The summed E-state index contributed by atoms with van der Waals surface area (Å²) >= 11 is 0. The summed E-state index contributed by atoms with van der Waals surface area (Å²) < 4.78 is 12.9. The molecule has 0 unspecified atom stereocenters. The topological polar surface area (TPSA) is 82.1 Å². The Kier molecular flexibility index (Phi) is 3.49. The first-order valence-electron chi connectivity index (χ1n) is 6.44. The Morgan fingerprint density at radius 2 is 2.05 bits per heavy atom. The normalized spacial score (nSPS) is 18.5. The molecule has 0 saturated heterocycles. The van der Waals surface area contributed by atoms with E-state index in [1.54, 1.807) is 17.0 Å². The molecule has 0 bridgehead atoms. The van der Waals surface area contributed by atoms with Crippen molar-refractivity contribution in [1.29, 1.82) is 0 Å². The van der Waals surface area contributed by atoms with E-state index in [9.17, 15) is 14.3 Å². The summed E-state index contributed by atoms with van der Waals surface area (Å²) in [5.74, 6) is 0.0493. The van der Waals surface area contributed by atoms with Crippen molar-refractivity contribution in [2.45, 2.75) is 6.10 Å². The number of aliphatic hydroxyl groups excluding tert-OH is 1. The van der Waals surface area contributed by atoms with Gasteiger partial charge in [-0.25, -0.2) is 14.2 Å². The number of aliphatic hydroxyl groups is 1. The number of hydrogen-bond acceptors (Lipinski definition) is 5. The van der Waals surface area contributed by atoms with Crippen LogP contribution in [-0.4, -0.2) is 39.3 Å². The molecule has 1 atom stereocenters. The van der Waals surface area contributed by atoms with Gasteiger partial charge >= 0.3 is 5.69 Å². The Labute approximate surface area is 119 Å². The highest BCUT2D eigenvalue weighted by molar-refractivity contribution is 5.71. The van der Waals surface area contributed by atoms with Crippen molar-refractivity contribution in [1.82, 2.24) is 15.0 Å². The van der Waals surface area contributed by atoms with Crippen LogP contribution in [-0.2, 0) is 0 Å². The molecule has 2 aromatic rings. The number of nitrogens with zero attached hydrogens (tertiary/aromatic N) is 3. The number of rotatable bonds is 2. The second-order valence-electron chi connectivity index (χ2n) is 4.71. The molecule has 0 spiro atoms. The van der Waals surface area contributed by atoms with Gasteiger partial charge in [0.15, 0.2) is 0 Å². The van der Waals surface area contributed by atoms with Crippen LogP contribution in [0.4, 0.5) is 10.3 Å². The highest BCUT2D eigenvalue weighted by Crippen LogP contribution is 2.24. The molecule has 21 heavy (non-hydrogen) atoms.